The Balaban J connectivity index is 1.51. The first-order chi connectivity index (χ1) is 14.2. The Hall–Kier alpha value is -3.07. The molecule has 1 aliphatic heterocycles. The summed E-state index contributed by atoms with van der Waals surface area (Å²) in [5.74, 6) is -1.21. The van der Waals surface area contributed by atoms with Crippen LogP contribution in [0.25, 0.3) is 11.4 Å². The van der Waals surface area contributed by atoms with Gasteiger partial charge < -0.3 is 10.2 Å². The Morgan fingerprint density at radius 2 is 1.77 bits per heavy atom. The van der Waals surface area contributed by atoms with Crippen LogP contribution in [0.3, 0.4) is 0 Å². The van der Waals surface area contributed by atoms with Gasteiger partial charge in [-0.2, -0.15) is 18.2 Å². The van der Waals surface area contributed by atoms with E-state index < -0.39 is 24.4 Å². The van der Waals surface area contributed by atoms with Crippen molar-refractivity contribution in [1.29, 1.82) is 0 Å². The molecule has 2 heterocycles. The van der Waals surface area contributed by atoms with E-state index in [0.717, 1.165) is 5.69 Å². The summed E-state index contributed by atoms with van der Waals surface area (Å²) in [5, 5.41) is 8.13. The molecule has 0 aliphatic carbocycles. The molecule has 0 saturated carbocycles. The monoisotopic (exact) mass is 435 g/mol. The number of anilines is 3. The van der Waals surface area contributed by atoms with Crippen molar-refractivity contribution < 1.29 is 18.0 Å². The lowest BCUT2D eigenvalue weighted by atomic mass is 10.1. The highest BCUT2D eigenvalue weighted by Crippen LogP contribution is 2.36. The standard InChI is InChI=1S/C20H17ClF3N5O/c1-28-19(25-15-6-4-14(21)5-7-15)26-18(27-28)12-2-8-16(9-3-12)29-11-13(10-17(29)30)20(22,23)24/h2-9,13H,10-11H2,1H3,(H,25,26,27). The number of carbonyl (C=O) groups excluding carboxylic acids is 1. The molecule has 0 spiro atoms. The fraction of sp³-hybridized carbons (Fsp3) is 0.250. The van der Waals surface area contributed by atoms with Crippen LogP contribution < -0.4 is 10.2 Å². The third-order valence-corrected chi connectivity index (χ3v) is 5.14. The van der Waals surface area contributed by atoms with Crippen LogP contribution in [0.2, 0.25) is 5.02 Å². The Labute approximate surface area is 175 Å². The Morgan fingerprint density at radius 3 is 2.37 bits per heavy atom. The number of nitrogens with zero attached hydrogens (tertiary/aromatic N) is 4. The minimum Gasteiger partial charge on any atom is -0.324 e. The van der Waals surface area contributed by atoms with Crippen LogP contribution in [0.15, 0.2) is 48.5 Å². The molecule has 1 aliphatic rings. The molecule has 1 fully saturated rings. The van der Waals surface area contributed by atoms with E-state index in [2.05, 4.69) is 15.4 Å². The smallest absolute Gasteiger partial charge is 0.324 e. The number of amides is 1. The third-order valence-electron chi connectivity index (χ3n) is 4.89. The van der Waals surface area contributed by atoms with Gasteiger partial charge in [0.2, 0.25) is 11.9 Å². The van der Waals surface area contributed by atoms with E-state index in [4.69, 9.17) is 11.6 Å². The summed E-state index contributed by atoms with van der Waals surface area (Å²) in [4.78, 5) is 17.6. The van der Waals surface area contributed by atoms with Crippen molar-refractivity contribution in [1.82, 2.24) is 14.8 Å². The van der Waals surface area contributed by atoms with Crippen LogP contribution in [0.1, 0.15) is 6.42 Å². The summed E-state index contributed by atoms with van der Waals surface area (Å²) in [6, 6.07) is 13.7. The van der Waals surface area contributed by atoms with Crippen molar-refractivity contribution in [3.63, 3.8) is 0 Å². The average Bonchev–Trinajstić information content (AvgIpc) is 3.27. The molecule has 1 N–H and O–H groups in total. The van der Waals surface area contributed by atoms with Gasteiger partial charge in [0.1, 0.15) is 0 Å². The molecule has 0 bridgehead atoms. The van der Waals surface area contributed by atoms with E-state index in [9.17, 15) is 18.0 Å². The first kappa shape index (κ1) is 20.2. The number of hydrogen-bond donors (Lipinski definition) is 1. The predicted octanol–water partition coefficient (Wildman–Crippen LogP) is 4.79. The molecule has 4 rings (SSSR count). The highest BCUT2D eigenvalue weighted by Gasteiger charge is 2.47. The van der Waals surface area contributed by atoms with Crippen LogP contribution in [0.4, 0.5) is 30.5 Å². The fourth-order valence-electron chi connectivity index (χ4n) is 3.24. The van der Waals surface area contributed by atoms with Crippen LogP contribution in [0, 0.1) is 5.92 Å². The predicted molar refractivity (Wildman–Crippen MR) is 108 cm³/mol. The summed E-state index contributed by atoms with van der Waals surface area (Å²) in [6.45, 7) is -0.362. The van der Waals surface area contributed by atoms with Gasteiger partial charge in [0.25, 0.3) is 0 Å². The molecule has 2 aromatic carbocycles. The number of hydrogen-bond acceptors (Lipinski definition) is 4. The molecule has 1 aromatic heterocycles. The van der Waals surface area contributed by atoms with E-state index in [-0.39, 0.29) is 6.54 Å². The van der Waals surface area contributed by atoms with Gasteiger partial charge in [-0.25, -0.2) is 4.68 Å². The molecule has 1 saturated heterocycles. The summed E-state index contributed by atoms with van der Waals surface area (Å²) in [6.07, 6.45) is -4.90. The van der Waals surface area contributed by atoms with E-state index in [0.29, 0.717) is 28.0 Å². The fourth-order valence-corrected chi connectivity index (χ4v) is 3.37. The van der Waals surface area contributed by atoms with E-state index in [1.807, 2.05) is 12.1 Å². The van der Waals surface area contributed by atoms with Crippen molar-refractivity contribution in [2.75, 3.05) is 16.8 Å². The highest BCUT2D eigenvalue weighted by atomic mass is 35.5. The number of alkyl halides is 3. The van der Waals surface area contributed by atoms with Gasteiger partial charge >= 0.3 is 6.18 Å². The normalized spacial score (nSPS) is 16.9. The van der Waals surface area contributed by atoms with Crippen LogP contribution in [0.5, 0.6) is 0 Å². The molecule has 1 unspecified atom stereocenters. The Morgan fingerprint density at radius 1 is 1.10 bits per heavy atom. The number of halogens is 4. The van der Waals surface area contributed by atoms with Crippen molar-refractivity contribution >= 4 is 34.8 Å². The molecular formula is C20H17ClF3N5O. The molecule has 6 nitrogen and oxygen atoms in total. The van der Waals surface area contributed by atoms with Crippen molar-refractivity contribution in [3.8, 4) is 11.4 Å². The molecule has 10 heteroatoms. The lowest BCUT2D eigenvalue weighted by Crippen LogP contribution is -2.28. The lowest BCUT2D eigenvalue weighted by Gasteiger charge is -2.18. The summed E-state index contributed by atoms with van der Waals surface area (Å²) in [5.41, 5.74) is 1.90. The first-order valence-electron chi connectivity index (χ1n) is 9.12. The van der Waals surface area contributed by atoms with Crippen LogP contribution in [-0.4, -0.2) is 33.4 Å². The highest BCUT2D eigenvalue weighted by molar-refractivity contribution is 6.30. The number of benzene rings is 2. The topological polar surface area (TPSA) is 63.1 Å². The zero-order valence-corrected chi connectivity index (χ0v) is 16.6. The van der Waals surface area contributed by atoms with E-state index >= 15 is 0 Å². The maximum atomic E-state index is 12.9. The second kappa shape index (κ2) is 7.64. The van der Waals surface area contributed by atoms with Crippen LogP contribution in [-0.2, 0) is 11.8 Å². The average molecular weight is 436 g/mol. The van der Waals surface area contributed by atoms with Crippen LogP contribution >= 0.6 is 11.6 Å². The van der Waals surface area contributed by atoms with Crippen molar-refractivity contribution in [3.05, 3.63) is 53.6 Å². The summed E-state index contributed by atoms with van der Waals surface area (Å²) >= 11 is 5.89. The molecular weight excluding hydrogens is 419 g/mol. The van der Waals surface area contributed by atoms with E-state index in [1.165, 1.54) is 4.90 Å². The number of rotatable bonds is 4. The molecule has 1 atom stereocenters. The minimum atomic E-state index is -4.38. The van der Waals surface area contributed by atoms with Gasteiger partial charge in [-0.1, -0.05) is 11.6 Å². The number of aromatic nitrogens is 3. The van der Waals surface area contributed by atoms with Crippen molar-refractivity contribution in [2.24, 2.45) is 13.0 Å². The summed E-state index contributed by atoms with van der Waals surface area (Å²) in [7, 11) is 1.74. The molecule has 156 valence electrons. The molecule has 1 amide bonds. The Bertz CT molecular complexity index is 1060. The molecule has 30 heavy (non-hydrogen) atoms. The van der Waals surface area contributed by atoms with E-state index in [1.54, 1.807) is 48.1 Å². The van der Waals surface area contributed by atoms with Gasteiger partial charge in [0.05, 0.1) is 5.92 Å². The largest absolute Gasteiger partial charge is 0.394 e. The van der Waals surface area contributed by atoms with Gasteiger partial charge in [0.15, 0.2) is 5.82 Å². The zero-order valence-electron chi connectivity index (χ0n) is 15.8. The molecule has 3 aromatic rings. The number of aryl methyl sites for hydroxylation is 1. The summed E-state index contributed by atoms with van der Waals surface area (Å²) < 4.78 is 40.3. The quantitative estimate of drug-likeness (QED) is 0.639. The van der Waals surface area contributed by atoms with Gasteiger partial charge in [-0.15, -0.1) is 5.10 Å². The van der Waals surface area contributed by atoms with Gasteiger partial charge in [-0.05, 0) is 48.5 Å². The molecule has 0 radical (unpaired) electrons. The first-order valence-corrected chi connectivity index (χ1v) is 9.49. The zero-order chi connectivity index (χ0) is 21.5. The second-order valence-corrected chi connectivity index (χ2v) is 7.44. The lowest BCUT2D eigenvalue weighted by molar-refractivity contribution is -0.169. The maximum Gasteiger partial charge on any atom is 0.394 e. The Kier molecular flexibility index (Phi) is 5.15. The minimum absolute atomic E-state index is 0.362. The SMILES string of the molecule is Cn1nc(-c2ccc(N3CC(C(F)(F)F)CC3=O)cc2)nc1Nc1ccc(Cl)cc1. The third kappa shape index (κ3) is 4.11. The van der Waals surface area contributed by atoms with Gasteiger partial charge in [-0.3, -0.25) is 4.79 Å². The number of carbonyl (C=O) groups is 1. The maximum absolute atomic E-state index is 12.9. The van der Waals surface area contributed by atoms with Gasteiger partial charge in [0, 0.05) is 42.0 Å². The number of nitrogens with one attached hydrogen (secondary N) is 1. The van der Waals surface area contributed by atoms with Crippen molar-refractivity contribution in [2.45, 2.75) is 12.6 Å². The second-order valence-electron chi connectivity index (χ2n) is 7.01.